The molecule has 1 aromatic carbocycles. The Labute approximate surface area is 147 Å². The molecule has 6 nitrogen and oxygen atoms in total. The van der Waals surface area contributed by atoms with Crippen molar-refractivity contribution in [2.24, 2.45) is 0 Å². The van der Waals surface area contributed by atoms with Crippen molar-refractivity contribution in [2.45, 2.75) is 6.92 Å². The first-order chi connectivity index (χ1) is 11.9. The molecule has 0 spiro atoms. The summed E-state index contributed by atoms with van der Waals surface area (Å²) in [4.78, 5) is 37.5. The van der Waals surface area contributed by atoms with Gasteiger partial charge >= 0.3 is 11.6 Å². The minimum Gasteiger partial charge on any atom is -0.465 e. The SMILES string of the molecule is COC(=O)c1cc2sc(N(C)C(=O)c3ccc(C)cc3)cc2oc1=O. The number of methoxy groups -OCH3 is 1. The first-order valence-electron chi connectivity index (χ1n) is 7.41. The molecule has 1 amide bonds. The zero-order chi connectivity index (χ0) is 18.1. The van der Waals surface area contributed by atoms with Crippen LogP contribution >= 0.6 is 11.3 Å². The third-order valence-electron chi connectivity index (χ3n) is 3.75. The molecule has 2 aromatic heterocycles. The van der Waals surface area contributed by atoms with Gasteiger partial charge in [0.05, 0.1) is 11.8 Å². The first kappa shape index (κ1) is 16.9. The number of thiophene rings is 1. The molecule has 0 fully saturated rings. The van der Waals surface area contributed by atoms with Crippen LogP contribution in [0.15, 0.2) is 45.6 Å². The predicted octanol–water partition coefficient (Wildman–Crippen LogP) is 3.23. The average molecular weight is 357 g/mol. The maximum absolute atomic E-state index is 12.6. The normalized spacial score (nSPS) is 10.7. The number of nitrogens with zero attached hydrogens (tertiary/aromatic N) is 1. The van der Waals surface area contributed by atoms with Crippen molar-refractivity contribution < 1.29 is 18.7 Å². The van der Waals surface area contributed by atoms with Gasteiger partial charge in [0.1, 0.15) is 10.6 Å². The number of ether oxygens (including phenoxy) is 1. The number of hydrogen-bond acceptors (Lipinski definition) is 6. The van der Waals surface area contributed by atoms with E-state index in [4.69, 9.17) is 4.42 Å². The molecule has 25 heavy (non-hydrogen) atoms. The fraction of sp³-hybridized carbons (Fsp3) is 0.167. The number of esters is 1. The Hall–Kier alpha value is -2.93. The van der Waals surface area contributed by atoms with Crippen molar-refractivity contribution in [3.63, 3.8) is 0 Å². The molecule has 0 unspecified atom stereocenters. The number of amides is 1. The van der Waals surface area contributed by atoms with Gasteiger partial charge in [-0.3, -0.25) is 4.79 Å². The summed E-state index contributed by atoms with van der Waals surface area (Å²) in [6, 6.07) is 10.3. The molecular formula is C18H15NO5S. The summed E-state index contributed by atoms with van der Waals surface area (Å²) < 4.78 is 10.3. The van der Waals surface area contributed by atoms with Crippen LogP contribution in [-0.4, -0.2) is 26.0 Å². The van der Waals surface area contributed by atoms with Crippen molar-refractivity contribution in [1.29, 1.82) is 0 Å². The summed E-state index contributed by atoms with van der Waals surface area (Å²) in [6.45, 7) is 1.95. The number of carbonyl (C=O) groups excluding carboxylic acids is 2. The highest BCUT2D eigenvalue weighted by atomic mass is 32.1. The number of fused-ring (bicyclic) bond motifs is 1. The van der Waals surface area contributed by atoms with Crippen molar-refractivity contribution in [3.8, 4) is 0 Å². The Morgan fingerprint density at radius 1 is 1.16 bits per heavy atom. The highest BCUT2D eigenvalue weighted by molar-refractivity contribution is 7.22. The monoisotopic (exact) mass is 357 g/mol. The summed E-state index contributed by atoms with van der Waals surface area (Å²) >= 11 is 1.25. The second-order valence-corrected chi connectivity index (χ2v) is 6.54. The summed E-state index contributed by atoms with van der Waals surface area (Å²) in [6.07, 6.45) is 0. The van der Waals surface area contributed by atoms with E-state index < -0.39 is 11.6 Å². The third kappa shape index (κ3) is 3.18. The minimum absolute atomic E-state index is 0.170. The van der Waals surface area contributed by atoms with Gasteiger partial charge in [0.15, 0.2) is 5.58 Å². The molecule has 3 aromatic rings. The van der Waals surface area contributed by atoms with Gasteiger partial charge in [0.25, 0.3) is 5.91 Å². The largest absolute Gasteiger partial charge is 0.465 e. The fourth-order valence-corrected chi connectivity index (χ4v) is 3.30. The van der Waals surface area contributed by atoms with Crippen LogP contribution in [-0.2, 0) is 4.74 Å². The standard InChI is InChI=1S/C18H15NO5S/c1-10-4-6-11(7-5-10)16(20)19(2)15-9-13-14(25-15)8-12(17(21)23-3)18(22)24-13/h4-9H,1-3H3. The topological polar surface area (TPSA) is 76.8 Å². The van der Waals surface area contributed by atoms with Gasteiger partial charge < -0.3 is 14.1 Å². The molecule has 0 bridgehead atoms. The van der Waals surface area contributed by atoms with Gasteiger partial charge in [-0.2, -0.15) is 0 Å². The Bertz CT molecular complexity index is 1020. The predicted molar refractivity (Wildman–Crippen MR) is 95.6 cm³/mol. The molecule has 0 aliphatic carbocycles. The molecule has 0 aliphatic rings. The number of aryl methyl sites for hydroxylation is 1. The lowest BCUT2D eigenvalue weighted by Gasteiger charge is -2.14. The van der Waals surface area contributed by atoms with Gasteiger partial charge in [-0.15, -0.1) is 11.3 Å². The summed E-state index contributed by atoms with van der Waals surface area (Å²) in [5.74, 6) is -0.934. The number of carbonyl (C=O) groups is 2. The van der Waals surface area contributed by atoms with Gasteiger partial charge in [-0.1, -0.05) is 17.7 Å². The van der Waals surface area contributed by atoms with E-state index in [1.54, 1.807) is 25.2 Å². The molecule has 2 heterocycles. The Morgan fingerprint density at radius 3 is 2.48 bits per heavy atom. The lowest BCUT2D eigenvalue weighted by Crippen LogP contribution is -2.25. The van der Waals surface area contributed by atoms with Crippen LogP contribution in [0.25, 0.3) is 10.3 Å². The smallest absolute Gasteiger partial charge is 0.351 e. The van der Waals surface area contributed by atoms with Gasteiger partial charge in [-0.25, -0.2) is 9.59 Å². The van der Waals surface area contributed by atoms with Crippen molar-refractivity contribution in [1.82, 2.24) is 0 Å². The van der Waals surface area contributed by atoms with E-state index in [1.807, 2.05) is 19.1 Å². The lowest BCUT2D eigenvalue weighted by atomic mass is 10.1. The van der Waals surface area contributed by atoms with E-state index in [1.165, 1.54) is 29.4 Å². The van der Waals surface area contributed by atoms with E-state index in [0.29, 0.717) is 20.8 Å². The number of hydrogen-bond donors (Lipinski definition) is 0. The van der Waals surface area contributed by atoms with E-state index in [-0.39, 0.29) is 11.5 Å². The lowest BCUT2D eigenvalue weighted by molar-refractivity contribution is 0.0596. The molecule has 7 heteroatoms. The highest BCUT2D eigenvalue weighted by Crippen LogP contribution is 2.32. The molecule has 3 rings (SSSR count). The highest BCUT2D eigenvalue weighted by Gasteiger charge is 2.19. The molecule has 0 N–H and O–H groups in total. The minimum atomic E-state index is -0.767. The molecule has 0 saturated carbocycles. The Morgan fingerprint density at radius 2 is 1.84 bits per heavy atom. The van der Waals surface area contributed by atoms with Gasteiger partial charge in [0.2, 0.25) is 0 Å². The number of rotatable bonds is 3. The van der Waals surface area contributed by atoms with Crippen molar-refractivity contribution in [2.75, 3.05) is 19.1 Å². The molecule has 0 saturated heterocycles. The van der Waals surface area contributed by atoms with Crippen LogP contribution in [0.5, 0.6) is 0 Å². The quantitative estimate of drug-likeness (QED) is 0.673. The second kappa shape index (κ2) is 6.52. The van der Waals surface area contributed by atoms with E-state index in [2.05, 4.69) is 4.74 Å². The maximum atomic E-state index is 12.6. The van der Waals surface area contributed by atoms with Crippen LogP contribution < -0.4 is 10.5 Å². The number of anilines is 1. The Balaban J connectivity index is 1.98. The van der Waals surface area contributed by atoms with Crippen molar-refractivity contribution >= 4 is 38.5 Å². The molecule has 0 atom stereocenters. The van der Waals surface area contributed by atoms with Gasteiger partial charge in [0, 0.05) is 18.7 Å². The summed E-state index contributed by atoms with van der Waals surface area (Å²) in [5, 5.41) is 0.603. The summed E-state index contributed by atoms with van der Waals surface area (Å²) in [7, 11) is 2.84. The zero-order valence-electron chi connectivity index (χ0n) is 13.9. The maximum Gasteiger partial charge on any atom is 0.351 e. The molecule has 128 valence electrons. The Kier molecular flexibility index (Phi) is 4.41. The van der Waals surface area contributed by atoms with Crippen molar-refractivity contribution in [3.05, 3.63) is 63.5 Å². The second-order valence-electron chi connectivity index (χ2n) is 5.48. The van der Waals surface area contributed by atoms with Crippen LogP contribution in [0, 0.1) is 6.92 Å². The third-order valence-corrected chi connectivity index (χ3v) is 4.89. The zero-order valence-corrected chi connectivity index (χ0v) is 14.7. The van der Waals surface area contributed by atoms with Crippen LogP contribution in [0.2, 0.25) is 0 Å². The van der Waals surface area contributed by atoms with Crippen LogP contribution in [0.1, 0.15) is 26.3 Å². The molecular weight excluding hydrogens is 342 g/mol. The fourth-order valence-electron chi connectivity index (χ4n) is 2.31. The summed E-state index contributed by atoms with van der Waals surface area (Å²) in [5.41, 5.74) is 1.01. The number of benzene rings is 1. The van der Waals surface area contributed by atoms with E-state index >= 15 is 0 Å². The van der Waals surface area contributed by atoms with Gasteiger partial charge in [-0.05, 0) is 25.1 Å². The van der Waals surface area contributed by atoms with E-state index in [0.717, 1.165) is 5.56 Å². The molecule has 0 radical (unpaired) electrons. The van der Waals surface area contributed by atoms with E-state index in [9.17, 15) is 14.4 Å². The van der Waals surface area contributed by atoms with Crippen LogP contribution in [0.4, 0.5) is 5.00 Å². The first-order valence-corrected chi connectivity index (χ1v) is 8.23. The van der Waals surface area contributed by atoms with Crippen LogP contribution in [0.3, 0.4) is 0 Å². The average Bonchev–Trinajstić information content (AvgIpc) is 3.02. The molecule has 0 aliphatic heterocycles.